The van der Waals surface area contributed by atoms with Gasteiger partial charge in [0.05, 0.1) is 4.92 Å². The number of hydrogen-bond acceptors (Lipinski definition) is 3. The number of hydrogen-bond donors (Lipinski definition) is 1. The summed E-state index contributed by atoms with van der Waals surface area (Å²) in [4.78, 5) is 10.4. The normalized spacial score (nSPS) is 11.6. The molecule has 1 aromatic rings. The smallest absolute Gasteiger partial charge is 0.292 e. The van der Waals surface area contributed by atoms with Crippen molar-refractivity contribution in [3.8, 4) is 12.3 Å². The first kappa shape index (κ1) is 12.1. The van der Waals surface area contributed by atoms with Gasteiger partial charge in [0.1, 0.15) is 5.69 Å². The predicted molar refractivity (Wildman–Crippen MR) is 64.4 cm³/mol. The maximum atomic E-state index is 10.8. The first-order chi connectivity index (χ1) is 7.54. The molecule has 0 heterocycles. The van der Waals surface area contributed by atoms with Gasteiger partial charge in [0.25, 0.3) is 5.69 Å². The lowest BCUT2D eigenvalue weighted by atomic mass is 10.1. The average molecular weight is 218 g/mol. The van der Waals surface area contributed by atoms with Gasteiger partial charge in [-0.15, -0.1) is 12.3 Å². The minimum absolute atomic E-state index is 0.0190. The van der Waals surface area contributed by atoms with E-state index in [2.05, 4.69) is 11.2 Å². The third-order valence-electron chi connectivity index (χ3n) is 2.17. The predicted octanol–water partition coefficient (Wildman–Crippen LogP) is 2.73. The SMILES string of the molecule is C#CCC(C)Nc1cc(C)ccc1[N+](=O)[O-]. The van der Waals surface area contributed by atoms with Crippen molar-refractivity contribution in [2.75, 3.05) is 5.32 Å². The Morgan fingerprint density at radius 2 is 2.31 bits per heavy atom. The highest BCUT2D eigenvalue weighted by atomic mass is 16.6. The second-order valence-corrected chi connectivity index (χ2v) is 3.73. The molecule has 0 fully saturated rings. The van der Waals surface area contributed by atoms with Gasteiger partial charge in [0.2, 0.25) is 0 Å². The summed E-state index contributed by atoms with van der Waals surface area (Å²) >= 11 is 0. The number of nitrogens with one attached hydrogen (secondary N) is 1. The van der Waals surface area contributed by atoms with E-state index in [0.717, 1.165) is 5.56 Å². The van der Waals surface area contributed by atoms with E-state index in [4.69, 9.17) is 6.42 Å². The number of benzene rings is 1. The number of aryl methyl sites for hydroxylation is 1. The molecule has 0 aliphatic rings. The molecule has 0 bridgehead atoms. The Bertz CT molecular complexity index is 435. The number of rotatable bonds is 4. The van der Waals surface area contributed by atoms with E-state index in [1.807, 2.05) is 13.8 Å². The summed E-state index contributed by atoms with van der Waals surface area (Å²) in [6.07, 6.45) is 5.72. The minimum atomic E-state index is -0.398. The molecule has 1 rings (SSSR count). The van der Waals surface area contributed by atoms with Gasteiger partial charge >= 0.3 is 0 Å². The Labute approximate surface area is 94.8 Å². The lowest BCUT2D eigenvalue weighted by Gasteiger charge is -2.13. The summed E-state index contributed by atoms with van der Waals surface area (Å²) in [5, 5.41) is 13.8. The van der Waals surface area contributed by atoms with Gasteiger partial charge in [-0.1, -0.05) is 6.07 Å². The molecule has 0 saturated carbocycles. The van der Waals surface area contributed by atoms with Crippen LogP contribution in [0.2, 0.25) is 0 Å². The van der Waals surface area contributed by atoms with Gasteiger partial charge in [0, 0.05) is 18.5 Å². The molecule has 0 spiro atoms. The molecular weight excluding hydrogens is 204 g/mol. The summed E-state index contributed by atoms with van der Waals surface area (Å²) in [6.45, 7) is 3.78. The maximum Gasteiger partial charge on any atom is 0.292 e. The van der Waals surface area contributed by atoms with E-state index < -0.39 is 4.92 Å². The molecule has 0 radical (unpaired) electrons. The summed E-state index contributed by atoms with van der Waals surface area (Å²) in [6, 6.07) is 4.99. The largest absolute Gasteiger partial charge is 0.376 e. The fraction of sp³-hybridized carbons (Fsp3) is 0.333. The van der Waals surface area contributed by atoms with Crippen molar-refractivity contribution in [3.05, 3.63) is 33.9 Å². The molecule has 4 nitrogen and oxygen atoms in total. The van der Waals surface area contributed by atoms with Crippen LogP contribution in [0.3, 0.4) is 0 Å². The van der Waals surface area contributed by atoms with Crippen LogP contribution in [0.1, 0.15) is 18.9 Å². The maximum absolute atomic E-state index is 10.8. The van der Waals surface area contributed by atoms with Crippen molar-refractivity contribution in [2.45, 2.75) is 26.3 Å². The Morgan fingerprint density at radius 3 is 2.88 bits per heavy atom. The average Bonchev–Trinajstić information content (AvgIpc) is 2.17. The van der Waals surface area contributed by atoms with Crippen LogP contribution in [-0.4, -0.2) is 11.0 Å². The van der Waals surface area contributed by atoms with Crippen molar-refractivity contribution >= 4 is 11.4 Å². The summed E-state index contributed by atoms with van der Waals surface area (Å²) in [5.41, 5.74) is 1.57. The topological polar surface area (TPSA) is 55.2 Å². The van der Waals surface area contributed by atoms with Crippen LogP contribution < -0.4 is 5.32 Å². The third-order valence-corrected chi connectivity index (χ3v) is 2.17. The molecule has 4 heteroatoms. The van der Waals surface area contributed by atoms with Crippen molar-refractivity contribution in [1.29, 1.82) is 0 Å². The van der Waals surface area contributed by atoms with E-state index in [1.54, 1.807) is 12.1 Å². The van der Waals surface area contributed by atoms with Gasteiger partial charge in [0.15, 0.2) is 0 Å². The van der Waals surface area contributed by atoms with Crippen molar-refractivity contribution < 1.29 is 4.92 Å². The van der Waals surface area contributed by atoms with E-state index in [-0.39, 0.29) is 11.7 Å². The number of nitro benzene ring substituents is 1. The zero-order chi connectivity index (χ0) is 12.1. The van der Waals surface area contributed by atoms with Gasteiger partial charge in [-0.25, -0.2) is 0 Å². The Balaban J connectivity index is 2.97. The second kappa shape index (κ2) is 5.17. The zero-order valence-electron chi connectivity index (χ0n) is 9.36. The fourth-order valence-electron chi connectivity index (χ4n) is 1.42. The monoisotopic (exact) mass is 218 g/mol. The highest BCUT2D eigenvalue weighted by Crippen LogP contribution is 2.26. The molecule has 0 amide bonds. The van der Waals surface area contributed by atoms with Crippen LogP contribution in [0.5, 0.6) is 0 Å². The first-order valence-electron chi connectivity index (χ1n) is 4.99. The Kier molecular flexibility index (Phi) is 3.90. The standard InChI is InChI=1S/C12H14N2O2/c1-4-5-10(3)13-11-8-9(2)6-7-12(11)14(15)16/h1,6-8,10,13H,5H2,2-3H3. The van der Waals surface area contributed by atoms with Crippen LogP contribution in [0, 0.1) is 29.4 Å². The molecule has 1 N–H and O–H groups in total. The minimum Gasteiger partial charge on any atom is -0.376 e. The molecule has 0 saturated heterocycles. The van der Waals surface area contributed by atoms with Gasteiger partial charge < -0.3 is 5.32 Å². The number of anilines is 1. The van der Waals surface area contributed by atoms with Crippen LogP contribution in [0.25, 0.3) is 0 Å². The molecule has 84 valence electrons. The van der Waals surface area contributed by atoms with E-state index in [1.165, 1.54) is 6.07 Å². The van der Waals surface area contributed by atoms with Crippen molar-refractivity contribution in [1.82, 2.24) is 0 Å². The number of nitro groups is 1. The molecular formula is C12H14N2O2. The van der Waals surface area contributed by atoms with Crippen LogP contribution in [0.15, 0.2) is 18.2 Å². The van der Waals surface area contributed by atoms with Gasteiger partial charge in [-0.3, -0.25) is 10.1 Å². The van der Waals surface area contributed by atoms with E-state index in [0.29, 0.717) is 12.1 Å². The summed E-state index contributed by atoms with van der Waals surface area (Å²) in [7, 11) is 0. The molecule has 0 aromatic heterocycles. The molecule has 1 atom stereocenters. The first-order valence-corrected chi connectivity index (χ1v) is 4.99. The van der Waals surface area contributed by atoms with E-state index >= 15 is 0 Å². The van der Waals surface area contributed by atoms with Gasteiger partial charge in [-0.05, 0) is 25.5 Å². The number of nitrogens with zero attached hydrogens (tertiary/aromatic N) is 1. The van der Waals surface area contributed by atoms with Crippen LogP contribution in [0.4, 0.5) is 11.4 Å². The Hall–Kier alpha value is -2.02. The number of terminal acetylenes is 1. The molecule has 0 aliphatic carbocycles. The van der Waals surface area contributed by atoms with Crippen LogP contribution >= 0.6 is 0 Å². The molecule has 1 unspecified atom stereocenters. The molecule has 16 heavy (non-hydrogen) atoms. The lowest BCUT2D eigenvalue weighted by molar-refractivity contribution is -0.384. The highest BCUT2D eigenvalue weighted by Gasteiger charge is 2.14. The zero-order valence-corrected chi connectivity index (χ0v) is 9.36. The van der Waals surface area contributed by atoms with Crippen LogP contribution in [-0.2, 0) is 0 Å². The summed E-state index contributed by atoms with van der Waals surface area (Å²) < 4.78 is 0. The highest BCUT2D eigenvalue weighted by molar-refractivity contribution is 5.63. The van der Waals surface area contributed by atoms with E-state index in [9.17, 15) is 10.1 Å². The summed E-state index contributed by atoms with van der Waals surface area (Å²) in [5.74, 6) is 2.52. The van der Waals surface area contributed by atoms with Crippen molar-refractivity contribution in [3.63, 3.8) is 0 Å². The molecule has 1 aromatic carbocycles. The van der Waals surface area contributed by atoms with Gasteiger partial charge in [-0.2, -0.15) is 0 Å². The fourth-order valence-corrected chi connectivity index (χ4v) is 1.42. The lowest BCUT2D eigenvalue weighted by Crippen LogP contribution is -2.15. The second-order valence-electron chi connectivity index (χ2n) is 3.73. The molecule has 0 aliphatic heterocycles. The Morgan fingerprint density at radius 1 is 1.62 bits per heavy atom. The quantitative estimate of drug-likeness (QED) is 0.480. The third kappa shape index (κ3) is 2.99. The van der Waals surface area contributed by atoms with Crippen molar-refractivity contribution in [2.24, 2.45) is 0 Å².